The predicted molar refractivity (Wildman–Crippen MR) is 136 cm³/mol. The number of piperidine rings is 1. The minimum atomic E-state index is -0.0295. The molecule has 2 aromatic heterocycles. The molecular weight excluding hydrogens is 424 g/mol. The standard InChI is InChI=1S/C27H32N6O/c1-5-31(6-2)26(34)21-11-8-14-32(17-21)27-28-23-13-12-19(4)16-22(23)25-30-29-24(33(25)27)20-10-7-9-18(3)15-20/h7,9-10,12-13,15-16,21H,5-6,8,11,14,17H2,1-4H3. The smallest absolute Gasteiger partial charge is 0.227 e. The predicted octanol–water partition coefficient (Wildman–Crippen LogP) is 4.65. The normalized spacial score (nSPS) is 16.4. The molecule has 5 rings (SSSR count). The fourth-order valence-electron chi connectivity index (χ4n) is 5.07. The van der Waals surface area contributed by atoms with Gasteiger partial charge in [0.25, 0.3) is 0 Å². The number of nitrogens with zero attached hydrogens (tertiary/aromatic N) is 6. The summed E-state index contributed by atoms with van der Waals surface area (Å²) in [5.74, 6) is 1.80. The van der Waals surface area contributed by atoms with Crippen LogP contribution in [-0.2, 0) is 4.79 Å². The van der Waals surface area contributed by atoms with E-state index < -0.39 is 0 Å². The van der Waals surface area contributed by atoms with Crippen LogP contribution in [0.3, 0.4) is 0 Å². The first-order chi connectivity index (χ1) is 16.5. The van der Waals surface area contributed by atoms with E-state index in [-0.39, 0.29) is 11.8 Å². The van der Waals surface area contributed by atoms with E-state index in [0.717, 1.165) is 71.9 Å². The monoisotopic (exact) mass is 456 g/mol. The Morgan fingerprint density at radius 2 is 1.85 bits per heavy atom. The van der Waals surface area contributed by atoms with Crippen LogP contribution in [0.25, 0.3) is 27.9 Å². The maximum atomic E-state index is 13.2. The SMILES string of the molecule is CCN(CC)C(=O)C1CCCN(c2nc3ccc(C)cc3c3nnc(-c4cccc(C)c4)n23)C1. The summed E-state index contributed by atoms with van der Waals surface area (Å²) in [6.45, 7) is 11.2. The van der Waals surface area contributed by atoms with Crippen molar-refractivity contribution < 1.29 is 4.79 Å². The van der Waals surface area contributed by atoms with Gasteiger partial charge in [-0.05, 0) is 58.7 Å². The van der Waals surface area contributed by atoms with Crippen molar-refractivity contribution >= 4 is 28.4 Å². The number of aromatic nitrogens is 4. The van der Waals surface area contributed by atoms with Gasteiger partial charge in [-0.25, -0.2) is 9.38 Å². The van der Waals surface area contributed by atoms with Crippen molar-refractivity contribution in [2.75, 3.05) is 31.1 Å². The maximum absolute atomic E-state index is 13.2. The van der Waals surface area contributed by atoms with Crippen LogP contribution < -0.4 is 4.90 Å². The first kappa shape index (κ1) is 22.3. The van der Waals surface area contributed by atoms with Crippen LogP contribution >= 0.6 is 0 Å². The Morgan fingerprint density at radius 1 is 1.06 bits per heavy atom. The number of hydrogen-bond donors (Lipinski definition) is 0. The molecule has 0 radical (unpaired) electrons. The van der Waals surface area contributed by atoms with Crippen molar-refractivity contribution in [3.05, 3.63) is 53.6 Å². The summed E-state index contributed by atoms with van der Waals surface area (Å²) < 4.78 is 2.08. The number of aryl methyl sites for hydroxylation is 2. The highest BCUT2D eigenvalue weighted by Crippen LogP contribution is 2.31. The Hall–Kier alpha value is -3.48. The van der Waals surface area contributed by atoms with Crippen molar-refractivity contribution in [3.8, 4) is 11.4 Å². The highest BCUT2D eigenvalue weighted by Gasteiger charge is 2.31. The molecule has 3 heterocycles. The lowest BCUT2D eigenvalue weighted by molar-refractivity contribution is -0.135. The van der Waals surface area contributed by atoms with E-state index in [1.165, 1.54) is 5.56 Å². The summed E-state index contributed by atoms with van der Waals surface area (Å²) in [7, 11) is 0. The van der Waals surface area contributed by atoms with Crippen LogP contribution in [0.15, 0.2) is 42.5 Å². The summed E-state index contributed by atoms with van der Waals surface area (Å²) in [6, 6.07) is 14.6. The van der Waals surface area contributed by atoms with Crippen LogP contribution in [0.4, 0.5) is 5.95 Å². The molecule has 0 bridgehead atoms. The van der Waals surface area contributed by atoms with Crippen molar-refractivity contribution in [3.63, 3.8) is 0 Å². The number of benzene rings is 2. The number of rotatable bonds is 5. The van der Waals surface area contributed by atoms with Gasteiger partial charge in [-0.3, -0.25) is 4.79 Å². The molecule has 0 saturated carbocycles. The zero-order valence-corrected chi connectivity index (χ0v) is 20.5. The molecule has 34 heavy (non-hydrogen) atoms. The van der Waals surface area contributed by atoms with Gasteiger partial charge < -0.3 is 9.80 Å². The van der Waals surface area contributed by atoms with Crippen LogP contribution in [0, 0.1) is 19.8 Å². The molecule has 1 unspecified atom stereocenters. The molecule has 1 aliphatic heterocycles. The third kappa shape index (κ3) is 3.89. The molecular formula is C27H32N6O. The van der Waals surface area contributed by atoms with Crippen LogP contribution in [0.5, 0.6) is 0 Å². The minimum Gasteiger partial charge on any atom is -0.343 e. The Morgan fingerprint density at radius 3 is 2.62 bits per heavy atom. The number of carbonyl (C=O) groups is 1. The van der Waals surface area contributed by atoms with Gasteiger partial charge in [-0.2, -0.15) is 0 Å². The number of carbonyl (C=O) groups excluding carboxylic acids is 1. The molecule has 1 amide bonds. The van der Waals surface area contributed by atoms with Crippen LogP contribution in [-0.4, -0.2) is 56.6 Å². The number of anilines is 1. The van der Waals surface area contributed by atoms with E-state index in [1.54, 1.807) is 0 Å². The van der Waals surface area contributed by atoms with Crippen molar-refractivity contribution in [1.29, 1.82) is 0 Å². The van der Waals surface area contributed by atoms with Gasteiger partial charge in [0, 0.05) is 37.1 Å². The molecule has 7 nitrogen and oxygen atoms in total. The third-order valence-electron chi connectivity index (χ3n) is 6.88. The van der Waals surface area contributed by atoms with Gasteiger partial charge in [0.2, 0.25) is 11.9 Å². The molecule has 1 fully saturated rings. The van der Waals surface area contributed by atoms with Gasteiger partial charge in [0.15, 0.2) is 11.5 Å². The fraction of sp³-hybridized carbons (Fsp3) is 0.407. The molecule has 176 valence electrons. The summed E-state index contributed by atoms with van der Waals surface area (Å²) in [5, 5.41) is 10.2. The van der Waals surface area contributed by atoms with Gasteiger partial charge in [-0.1, -0.05) is 35.4 Å². The van der Waals surface area contributed by atoms with Crippen molar-refractivity contribution in [2.24, 2.45) is 5.92 Å². The molecule has 1 saturated heterocycles. The fourth-order valence-corrected chi connectivity index (χ4v) is 5.07. The van der Waals surface area contributed by atoms with E-state index >= 15 is 0 Å². The maximum Gasteiger partial charge on any atom is 0.227 e. The largest absolute Gasteiger partial charge is 0.343 e. The number of amides is 1. The Bertz CT molecular complexity index is 1360. The second kappa shape index (κ2) is 9.05. The van der Waals surface area contributed by atoms with Gasteiger partial charge in [0.1, 0.15) is 0 Å². The summed E-state index contributed by atoms with van der Waals surface area (Å²) in [4.78, 5) is 22.5. The highest BCUT2D eigenvalue weighted by atomic mass is 16.2. The van der Waals surface area contributed by atoms with E-state index in [4.69, 9.17) is 4.98 Å². The van der Waals surface area contributed by atoms with Gasteiger partial charge in [-0.15, -0.1) is 10.2 Å². The summed E-state index contributed by atoms with van der Waals surface area (Å²) in [5.41, 5.74) is 5.04. The zero-order valence-electron chi connectivity index (χ0n) is 20.5. The lowest BCUT2D eigenvalue weighted by Crippen LogP contribution is -2.45. The second-order valence-electron chi connectivity index (χ2n) is 9.28. The van der Waals surface area contributed by atoms with Gasteiger partial charge >= 0.3 is 0 Å². The molecule has 0 aliphatic carbocycles. The third-order valence-corrected chi connectivity index (χ3v) is 6.88. The van der Waals surface area contributed by atoms with Crippen molar-refractivity contribution in [1.82, 2.24) is 24.5 Å². The summed E-state index contributed by atoms with van der Waals surface area (Å²) in [6.07, 6.45) is 1.86. The van der Waals surface area contributed by atoms with Crippen LogP contribution in [0.1, 0.15) is 37.8 Å². The zero-order chi connectivity index (χ0) is 23.8. The van der Waals surface area contributed by atoms with E-state index in [1.807, 2.05) is 24.8 Å². The Kier molecular flexibility index (Phi) is 5.94. The molecule has 0 N–H and O–H groups in total. The Balaban J connectivity index is 1.67. The van der Waals surface area contributed by atoms with E-state index in [9.17, 15) is 4.79 Å². The lowest BCUT2D eigenvalue weighted by atomic mass is 9.96. The van der Waals surface area contributed by atoms with Gasteiger partial charge in [0.05, 0.1) is 11.4 Å². The van der Waals surface area contributed by atoms with E-state index in [0.29, 0.717) is 6.54 Å². The highest BCUT2D eigenvalue weighted by molar-refractivity contribution is 5.94. The quantitative estimate of drug-likeness (QED) is 0.437. The summed E-state index contributed by atoms with van der Waals surface area (Å²) >= 11 is 0. The molecule has 4 aromatic rings. The number of fused-ring (bicyclic) bond motifs is 3. The molecule has 1 aliphatic rings. The lowest BCUT2D eigenvalue weighted by Gasteiger charge is -2.35. The molecule has 7 heteroatoms. The Labute approximate surface area is 200 Å². The molecule has 1 atom stereocenters. The average Bonchev–Trinajstić information content (AvgIpc) is 3.30. The topological polar surface area (TPSA) is 66.6 Å². The van der Waals surface area contributed by atoms with Crippen LogP contribution in [0.2, 0.25) is 0 Å². The van der Waals surface area contributed by atoms with E-state index in [2.05, 4.69) is 69.7 Å². The minimum absolute atomic E-state index is 0.0295. The first-order valence-corrected chi connectivity index (χ1v) is 12.3. The molecule has 0 spiro atoms. The second-order valence-corrected chi connectivity index (χ2v) is 9.28. The first-order valence-electron chi connectivity index (χ1n) is 12.3. The number of hydrogen-bond acceptors (Lipinski definition) is 5. The molecule has 2 aromatic carbocycles. The average molecular weight is 457 g/mol. The van der Waals surface area contributed by atoms with Crippen molar-refractivity contribution in [2.45, 2.75) is 40.5 Å².